The molecule has 0 saturated heterocycles. The van der Waals surface area contributed by atoms with E-state index in [1.165, 1.54) is 6.42 Å². The molecule has 19 heavy (non-hydrogen) atoms. The highest BCUT2D eigenvalue weighted by molar-refractivity contribution is 7.13. The van der Waals surface area contributed by atoms with E-state index in [0.29, 0.717) is 6.54 Å². The first kappa shape index (κ1) is 14.2. The molecule has 2 aromatic heterocycles. The van der Waals surface area contributed by atoms with Crippen molar-refractivity contribution in [3.05, 3.63) is 29.7 Å². The Morgan fingerprint density at radius 2 is 2.32 bits per heavy atom. The second-order valence-electron chi connectivity index (χ2n) is 4.51. The Hall–Kier alpha value is -1.17. The Morgan fingerprint density at radius 3 is 3.00 bits per heavy atom. The number of aliphatic hydroxyl groups is 1. The highest BCUT2D eigenvalue weighted by atomic mass is 32.1. The zero-order valence-electron chi connectivity index (χ0n) is 11.2. The number of nitrogens with zero attached hydrogens (tertiary/aromatic N) is 2. The van der Waals surface area contributed by atoms with Gasteiger partial charge in [0.15, 0.2) is 0 Å². The van der Waals surface area contributed by atoms with E-state index < -0.39 is 0 Å². The van der Waals surface area contributed by atoms with Crippen LogP contribution in [0.15, 0.2) is 28.4 Å². The number of unbranched alkanes of at least 4 members (excludes halogenated alkanes) is 1. The molecule has 0 aliphatic rings. The van der Waals surface area contributed by atoms with Gasteiger partial charge in [0.2, 0.25) is 0 Å². The molecular formula is C14H20N2O2S. The van der Waals surface area contributed by atoms with Gasteiger partial charge in [0.25, 0.3) is 0 Å². The summed E-state index contributed by atoms with van der Waals surface area (Å²) in [5, 5.41) is 12.2. The van der Waals surface area contributed by atoms with Crippen molar-refractivity contribution in [3.8, 4) is 10.6 Å². The largest absolute Gasteiger partial charge is 0.472 e. The van der Waals surface area contributed by atoms with Gasteiger partial charge in [0, 0.05) is 24.0 Å². The van der Waals surface area contributed by atoms with Gasteiger partial charge in [-0.25, -0.2) is 4.98 Å². The maximum Gasteiger partial charge on any atom is 0.126 e. The summed E-state index contributed by atoms with van der Waals surface area (Å²) in [6, 6.07) is 1.92. The third-order valence-corrected chi connectivity index (χ3v) is 3.89. The second kappa shape index (κ2) is 7.43. The Labute approximate surface area is 117 Å². The van der Waals surface area contributed by atoms with Crippen LogP contribution in [0.5, 0.6) is 0 Å². The number of aromatic nitrogens is 1. The monoisotopic (exact) mass is 280 g/mol. The molecule has 5 heteroatoms. The zero-order valence-corrected chi connectivity index (χ0v) is 12.0. The summed E-state index contributed by atoms with van der Waals surface area (Å²) in [6.45, 7) is 4.89. The van der Waals surface area contributed by atoms with E-state index in [1.54, 1.807) is 23.9 Å². The minimum atomic E-state index is 0.197. The van der Waals surface area contributed by atoms with E-state index in [4.69, 9.17) is 9.52 Å². The van der Waals surface area contributed by atoms with Gasteiger partial charge >= 0.3 is 0 Å². The van der Waals surface area contributed by atoms with E-state index in [9.17, 15) is 0 Å². The third kappa shape index (κ3) is 4.16. The number of aliphatic hydroxyl groups excluding tert-OH is 1. The van der Waals surface area contributed by atoms with Crippen LogP contribution >= 0.6 is 11.3 Å². The fourth-order valence-corrected chi connectivity index (χ4v) is 2.72. The van der Waals surface area contributed by atoms with Crippen LogP contribution in [0.25, 0.3) is 10.6 Å². The van der Waals surface area contributed by atoms with Crippen LogP contribution in [0.3, 0.4) is 0 Å². The summed E-state index contributed by atoms with van der Waals surface area (Å²) in [7, 11) is 0. The van der Waals surface area contributed by atoms with E-state index >= 15 is 0 Å². The summed E-state index contributed by atoms with van der Waals surface area (Å²) < 4.78 is 5.07. The Kier molecular flexibility index (Phi) is 5.57. The van der Waals surface area contributed by atoms with Crippen LogP contribution in [-0.4, -0.2) is 34.7 Å². The normalized spacial score (nSPS) is 11.3. The lowest BCUT2D eigenvalue weighted by Gasteiger charge is -2.19. The van der Waals surface area contributed by atoms with Crippen LogP contribution in [0.2, 0.25) is 0 Å². The van der Waals surface area contributed by atoms with Gasteiger partial charge in [-0.1, -0.05) is 13.3 Å². The maximum atomic E-state index is 9.10. The SMILES string of the molecule is CCCCN(CCO)Cc1csc(-c2ccoc2)n1. The molecule has 0 aliphatic carbocycles. The van der Waals surface area contributed by atoms with Crippen molar-refractivity contribution >= 4 is 11.3 Å². The van der Waals surface area contributed by atoms with Gasteiger partial charge in [-0.15, -0.1) is 11.3 Å². The number of hydrogen-bond acceptors (Lipinski definition) is 5. The quantitative estimate of drug-likeness (QED) is 0.807. The lowest BCUT2D eigenvalue weighted by Crippen LogP contribution is -2.27. The maximum absolute atomic E-state index is 9.10. The number of furan rings is 1. The first-order chi connectivity index (χ1) is 9.33. The molecule has 4 nitrogen and oxygen atoms in total. The Morgan fingerprint density at radius 1 is 1.42 bits per heavy atom. The van der Waals surface area contributed by atoms with E-state index in [-0.39, 0.29) is 6.61 Å². The molecular weight excluding hydrogens is 260 g/mol. The molecule has 0 bridgehead atoms. The minimum Gasteiger partial charge on any atom is -0.472 e. The summed E-state index contributed by atoms with van der Waals surface area (Å²) in [4.78, 5) is 6.87. The first-order valence-corrected chi connectivity index (χ1v) is 7.51. The molecule has 1 N–H and O–H groups in total. The van der Waals surface area contributed by atoms with Gasteiger partial charge in [-0.2, -0.15) is 0 Å². The van der Waals surface area contributed by atoms with E-state index in [2.05, 4.69) is 22.2 Å². The molecule has 0 amide bonds. The molecule has 0 spiro atoms. The Balaban J connectivity index is 1.97. The molecule has 0 fully saturated rings. The van der Waals surface area contributed by atoms with Crippen molar-refractivity contribution in [1.29, 1.82) is 0 Å². The van der Waals surface area contributed by atoms with Crippen LogP contribution < -0.4 is 0 Å². The lowest BCUT2D eigenvalue weighted by molar-refractivity contribution is 0.187. The molecule has 104 valence electrons. The smallest absolute Gasteiger partial charge is 0.126 e. The van der Waals surface area contributed by atoms with Crippen LogP contribution in [0.4, 0.5) is 0 Å². The van der Waals surface area contributed by atoms with Gasteiger partial charge in [0.1, 0.15) is 11.3 Å². The van der Waals surface area contributed by atoms with Crippen molar-refractivity contribution < 1.29 is 9.52 Å². The summed E-state index contributed by atoms with van der Waals surface area (Å²) in [6.07, 6.45) is 5.69. The van der Waals surface area contributed by atoms with Crippen molar-refractivity contribution in [3.63, 3.8) is 0 Å². The average molecular weight is 280 g/mol. The predicted octanol–water partition coefficient (Wildman–Crippen LogP) is 3.00. The molecule has 2 aromatic rings. The molecule has 0 unspecified atom stereocenters. The van der Waals surface area contributed by atoms with Crippen molar-refractivity contribution in [2.45, 2.75) is 26.3 Å². The van der Waals surface area contributed by atoms with E-state index in [0.717, 1.165) is 35.8 Å². The highest BCUT2D eigenvalue weighted by Crippen LogP contribution is 2.24. The number of thiazole rings is 1. The van der Waals surface area contributed by atoms with Crippen molar-refractivity contribution in [1.82, 2.24) is 9.88 Å². The fourth-order valence-electron chi connectivity index (χ4n) is 1.92. The fraction of sp³-hybridized carbons (Fsp3) is 0.500. The van der Waals surface area contributed by atoms with Gasteiger partial charge in [-0.05, 0) is 19.0 Å². The van der Waals surface area contributed by atoms with Crippen molar-refractivity contribution in [2.24, 2.45) is 0 Å². The van der Waals surface area contributed by atoms with Crippen LogP contribution in [-0.2, 0) is 6.54 Å². The zero-order chi connectivity index (χ0) is 13.5. The molecule has 2 heterocycles. The average Bonchev–Trinajstić information content (AvgIpc) is 3.06. The Bertz CT molecular complexity index is 468. The van der Waals surface area contributed by atoms with Crippen LogP contribution in [0, 0.1) is 0 Å². The lowest BCUT2D eigenvalue weighted by atomic mass is 10.3. The van der Waals surface area contributed by atoms with Crippen LogP contribution in [0.1, 0.15) is 25.5 Å². The molecule has 0 radical (unpaired) electrons. The number of rotatable bonds is 8. The molecule has 0 aliphatic heterocycles. The third-order valence-electron chi connectivity index (χ3n) is 2.95. The summed E-state index contributed by atoms with van der Waals surface area (Å²) in [5.41, 5.74) is 2.09. The second-order valence-corrected chi connectivity index (χ2v) is 5.37. The highest BCUT2D eigenvalue weighted by Gasteiger charge is 2.10. The van der Waals surface area contributed by atoms with Gasteiger partial charge in [0.05, 0.1) is 18.6 Å². The molecule has 0 aromatic carbocycles. The minimum absolute atomic E-state index is 0.197. The number of hydrogen-bond donors (Lipinski definition) is 1. The molecule has 2 rings (SSSR count). The summed E-state index contributed by atoms with van der Waals surface area (Å²) >= 11 is 1.63. The predicted molar refractivity (Wildman–Crippen MR) is 77.1 cm³/mol. The summed E-state index contributed by atoms with van der Waals surface area (Å²) in [5.74, 6) is 0. The van der Waals surface area contributed by atoms with Gasteiger partial charge < -0.3 is 9.52 Å². The molecule has 0 saturated carbocycles. The molecule has 0 atom stereocenters. The van der Waals surface area contributed by atoms with Crippen molar-refractivity contribution in [2.75, 3.05) is 19.7 Å². The first-order valence-electron chi connectivity index (χ1n) is 6.63. The topological polar surface area (TPSA) is 49.5 Å². The van der Waals surface area contributed by atoms with E-state index in [1.807, 2.05) is 6.07 Å². The van der Waals surface area contributed by atoms with Gasteiger partial charge in [-0.3, -0.25) is 4.90 Å². The standard InChI is InChI=1S/C14H20N2O2S/c1-2-3-5-16(6-7-17)9-13-11-19-14(15-13)12-4-8-18-10-12/h4,8,10-11,17H,2-3,5-7,9H2,1H3.